The van der Waals surface area contributed by atoms with Gasteiger partial charge in [0.1, 0.15) is 6.23 Å². The maximum atomic E-state index is 11.4. The summed E-state index contributed by atoms with van der Waals surface area (Å²) < 4.78 is 0. The van der Waals surface area contributed by atoms with Gasteiger partial charge in [-0.25, -0.2) is 0 Å². The van der Waals surface area contributed by atoms with E-state index in [2.05, 4.69) is 12.6 Å². The maximum absolute atomic E-state index is 11.4. The number of rotatable bonds is 0. The average molecular weight is 189 g/mol. The summed E-state index contributed by atoms with van der Waals surface area (Å²) in [5.74, 6) is -0.0185. The summed E-state index contributed by atoms with van der Waals surface area (Å²) in [6.07, 6.45) is -0.400. The first-order valence-electron chi connectivity index (χ1n) is 4.02. The lowest BCUT2D eigenvalue weighted by atomic mass is 10.1. The van der Waals surface area contributed by atoms with Crippen molar-refractivity contribution in [3.8, 4) is 0 Å². The van der Waals surface area contributed by atoms with E-state index in [-0.39, 0.29) is 16.7 Å². The molecule has 1 fully saturated rings. The van der Waals surface area contributed by atoms with Crippen molar-refractivity contribution in [1.82, 2.24) is 4.90 Å². The number of thiol groups is 1. The lowest BCUT2D eigenvalue weighted by Crippen LogP contribution is -2.48. The van der Waals surface area contributed by atoms with Gasteiger partial charge in [-0.15, -0.1) is 0 Å². The van der Waals surface area contributed by atoms with Gasteiger partial charge >= 0.3 is 0 Å². The molecule has 0 radical (unpaired) electrons. The van der Waals surface area contributed by atoms with Crippen LogP contribution < -0.4 is 0 Å². The van der Waals surface area contributed by atoms with E-state index < -0.39 is 6.23 Å². The van der Waals surface area contributed by atoms with Crippen LogP contribution in [-0.2, 0) is 4.79 Å². The molecule has 1 rings (SSSR count). The van der Waals surface area contributed by atoms with Gasteiger partial charge in [-0.2, -0.15) is 12.6 Å². The van der Waals surface area contributed by atoms with Crippen molar-refractivity contribution in [2.24, 2.45) is 0 Å². The third-order valence-corrected chi connectivity index (χ3v) is 2.43. The average Bonchev–Trinajstić information content (AvgIpc) is 2.05. The summed E-state index contributed by atoms with van der Waals surface area (Å²) in [7, 11) is 0. The normalized spacial score (nSPS) is 31.4. The molecule has 0 spiro atoms. The fourth-order valence-corrected chi connectivity index (χ4v) is 1.76. The molecule has 0 aliphatic carbocycles. The second kappa shape index (κ2) is 2.92. The monoisotopic (exact) mass is 189 g/mol. The van der Waals surface area contributed by atoms with Crippen LogP contribution in [0.1, 0.15) is 27.2 Å². The van der Waals surface area contributed by atoms with Crippen molar-refractivity contribution in [1.29, 1.82) is 0 Å². The summed E-state index contributed by atoms with van der Waals surface area (Å²) in [6.45, 7) is 5.71. The minimum Gasteiger partial charge on any atom is -0.372 e. The Morgan fingerprint density at radius 1 is 1.58 bits per heavy atom. The fraction of sp³-hybridized carbons (Fsp3) is 0.875. The molecule has 3 nitrogen and oxygen atoms in total. The van der Waals surface area contributed by atoms with Crippen LogP contribution in [0.25, 0.3) is 0 Å². The highest BCUT2D eigenvalue weighted by molar-refractivity contribution is 7.81. The number of carbonyl (C=O) groups excluding carboxylic acids is 1. The van der Waals surface area contributed by atoms with Gasteiger partial charge in [0.2, 0.25) is 5.91 Å². The Bertz CT molecular complexity index is 200. The number of nitrogens with zero attached hydrogens (tertiary/aromatic N) is 1. The van der Waals surface area contributed by atoms with E-state index >= 15 is 0 Å². The molecule has 1 heterocycles. The highest BCUT2D eigenvalue weighted by atomic mass is 32.1. The van der Waals surface area contributed by atoms with E-state index in [1.54, 1.807) is 0 Å². The van der Waals surface area contributed by atoms with Crippen LogP contribution in [-0.4, -0.2) is 32.9 Å². The second-order valence-electron chi connectivity index (χ2n) is 4.12. The molecule has 0 aromatic carbocycles. The molecule has 2 unspecified atom stereocenters. The van der Waals surface area contributed by atoms with Gasteiger partial charge in [-0.3, -0.25) is 4.79 Å². The fourth-order valence-electron chi connectivity index (χ4n) is 1.47. The zero-order valence-corrected chi connectivity index (χ0v) is 8.51. The van der Waals surface area contributed by atoms with Gasteiger partial charge in [0.05, 0.1) is 5.25 Å². The van der Waals surface area contributed by atoms with Gasteiger partial charge in [0.15, 0.2) is 0 Å². The third-order valence-electron chi connectivity index (χ3n) is 1.98. The molecular formula is C8H15NO2S. The lowest BCUT2D eigenvalue weighted by molar-refractivity contribution is -0.140. The molecule has 1 aliphatic heterocycles. The van der Waals surface area contributed by atoms with E-state index in [1.807, 2.05) is 20.8 Å². The quantitative estimate of drug-likeness (QED) is 0.549. The third kappa shape index (κ3) is 1.59. The zero-order valence-electron chi connectivity index (χ0n) is 7.61. The molecule has 0 bridgehead atoms. The molecule has 0 aromatic heterocycles. The molecule has 12 heavy (non-hydrogen) atoms. The van der Waals surface area contributed by atoms with Gasteiger partial charge in [-0.05, 0) is 20.8 Å². The number of carbonyl (C=O) groups is 1. The Morgan fingerprint density at radius 3 is 2.25 bits per heavy atom. The zero-order chi connectivity index (χ0) is 9.52. The van der Waals surface area contributed by atoms with Crippen molar-refractivity contribution in [2.75, 3.05) is 0 Å². The number of hydrogen-bond acceptors (Lipinski definition) is 3. The van der Waals surface area contributed by atoms with Crippen molar-refractivity contribution >= 4 is 18.5 Å². The number of amides is 1. The molecule has 0 saturated carbocycles. The van der Waals surface area contributed by atoms with Crippen molar-refractivity contribution in [3.05, 3.63) is 0 Å². The Balaban J connectivity index is 2.84. The Hall–Kier alpha value is -0.220. The minimum atomic E-state index is -0.735. The highest BCUT2D eigenvalue weighted by Gasteiger charge is 2.42. The van der Waals surface area contributed by atoms with Crippen LogP contribution in [0.15, 0.2) is 0 Å². The predicted octanol–water partition coefficient (Wildman–Crippen LogP) is 0.634. The lowest BCUT2D eigenvalue weighted by Gasteiger charge is -2.35. The summed E-state index contributed by atoms with van der Waals surface area (Å²) in [5.41, 5.74) is -0.312. The van der Waals surface area contributed by atoms with Gasteiger partial charge in [0, 0.05) is 12.0 Å². The molecule has 4 heteroatoms. The number of likely N-dealkylation sites (tertiary alicyclic amines) is 1. The van der Waals surface area contributed by atoms with E-state index in [4.69, 9.17) is 0 Å². The Morgan fingerprint density at radius 2 is 2.08 bits per heavy atom. The van der Waals surface area contributed by atoms with Crippen LogP contribution in [0.5, 0.6) is 0 Å². The largest absolute Gasteiger partial charge is 0.372 e. The smallest absolute Gasteiger partial charge is 0.226 e. The van der Waals surface area contributed by atoms with E-state index in [1.165, 1.54) is 4.90 Å². The standard InChI is InChI=1S/C8H15NO2S/c1-8(2,3)9-6(10)4-5(12)7(9)11/h5,7,11-12H,4H2,1-3H3. The van der Waals surface area contributed by atoms with E-state index in [9.17, 15) is 9.90 Å². The Kier molecular flexibility index (Phi) is 2.40. The molecule has 0 aromatic rings. The van der Waals surface area contributed by atoms with Gasteiger partial charge in [0.25, 0.3) is 0 Å². The van der Waals surface area contributed by atoms with E-state index in [0.717, 1.165) is 0 Å². The first-order valence-corrected chi connectivity index (χ1v) is 4.54. The van der Waals surface area contributed by atoms with Crippen LogP contribution >= 0.6 is 12.6 Å². The van der Waals surface area contributed by atoms with Crippen LogP contribution in [0, 0.1) is 0 Å². The number of aliphatic hydroxyl groups excluding tert-OH is 1. The summed E-state index contributed by atoms with van der Waals surface area (Å²) in [5, 5.41) is 9.35. The first kappa shape index (κ1) is 9.86. The maximum Gasteiger partial charge on any atom is 0.226 e. The van der Waals surface area contributed by atoms with Crippen molar-refractivity contribution in [3.63, 3.8) is 0 Å². The van der Waals surface area contributed by atoms with Gasteiger partial charge < -0.3 is 10.0 Å². The van der Waals surface area contributed by atoms with Crippen molar-refractivity contribution < 1.29 is 9.90 Å². The SMILES string of the molecule is CC(C)(C)N1C(=O)CC(S)C1O. The molecular weight excluding hydrogens is 174 g/mol. The molecule has 2 atom stereocenters. The number of hydrogen-bond donors (Lipinski definition) is 2. The predicted molar refractivity (Wildman–Crippen MR) is 50.0 cm³/mol. The van der Waals surface area contributed by atoms with Crippen LogP contribution in [0.3, 0.4) is 0 Å². The van der Waals surface area contributed by atoms with Crippen LogP contribution in [0.4, 0.5) is 0 Å². The Labute approximate surface area is 78.2 Å². The molecule has 70 valence electrons. The van der Waals surface area contributed by atoms with E-state index in [0.29, 0.717) is 6.42 Å². The second-order valence-corrected chi connectivity index (χ2v) is 4.78. The van der Waals surface area contributed by atoms with Gasteiger partial charge in [-0.1, -0.05) is 0 Å². The first-order chi connectivity index (χ1) is 5.34. The number of aliphatic hydroxyl groups is 1. The molecule has 1 saturated heterocycles. The highest BCUT2D eigenvalue weighted by Crippen LogP contribution is 2.28. The molecule has 1 amide bonds. The summed E-state index contributed by atoms with van der Waals surface area (Å²) >= 11 is 4.13. The molecule has 1 N–H and O–H groups in total. The molecule has 1 aliphatic rings. The summed E-state index contributed by atoms with van der Waals surface area (Å²) in [6, 6.07) is 0. The minimum absolute atomic E-state index is 0.0185. The topological polar surface area (TPSA) is 40.5 Å². The summed E-state index contributed by atoms with van der Waals surface area (Å²) in [4.78, 5) is 12.8. The van der Waals surface area contributed by atoms with Crippen LogP contribution in [0.2, 0.25) is 0 Å². The van der Waals surface area contributed by atoms with Crippen molar-refractivity contribution in [2.45, 2.75) is 44.2 Å².